The summed E-state index contributed by atoms with van der Waals surface area (Å²) in [6.07, 6.45) is 0. The predicted molar refractivity (Wildman–Crippen MR) is 69.7 cm³/mol. The molecule has 0 amide bonds. The number of benzene rings is 1. The highest BCUT2D eigenvalue weighted by molar-refractivity contribution is 7.18. The normalized spacial score (nSPS) is 12.0. The summed E-state index contributed by atoms with van der Waals surface area (Å²) in [7, 11) is 0. The zero-order chi connectivity index (χ0) is 11.1. The Hall–Kier alpha value is -0.950. The molecule has 0 spiro atoms. The van der Waals surface area contributed by atoms with Crippen LogP contribution in [0.25, 0.3) is 10.1 Å². The topological polar surface area (TPSA) is 0 Å². The number of hydrogen-bond donors (Lipinski definition) is 0. The Bertz CT molecular complexity index is 492. The maximum atomic E-state index is 2.33. The molecular formula is C14H17S+. The van der Waals surface area contributed by atoms with Gasteiger partial charge >= 0.3 is 0 Å². The third-order valence-corrected chi connectivity index (χ3v) is 3.62. The van der Waals surface area contributed by atoms with E-state index in [0.29, 0.717) is 0 Å². The fourth-order valence-electron chi connectivity index (χ4n) is 1.88. The third-order valence-electron chi connectivity index (χ3n) is 2.60. The van der Waals surface area contributed by atoms with Gasteiger partial charge in [0.15, 0.2) is 0 Å². The smallest absolute Gasteiger partial charge is 0.0613 e. The molecule has 0 nitrogen and oxygen atoms in total. The monoisotopic (exact) mass is 217 g/mol. The maximum absolute atomic E-state index is 2.33. The van der Waals surface area contributed by atoms with E-state index in [-0.39, 0.29) is 5.41 Å². The van der Waals surface area contributed by atoms with Gasteiger partial charge in [0.2, 0.25) is 20.9 Å². The van der Waals surface area contributed by atoms with Crippen molar-refractivity contribution in [3.05, 3.63) is 40.8 Å². The van der Waals surface area contributed by atoms with Crippen LogP contribution in [0.5, 0.6) is 0 Å². The van der Waals surface area contributed by atoms with Gasteiger partial charge in [0.25, 0.3) is 0 Å². The van der Waals surface area contributed by atoms with Gasteiger partial charge in [0, 0.05) is 24.4 Å². The van der Waals surface area contributed by atoms with Crippen LogP contribution in [0, 0.1) is 6.92 Å². The summed E-state index contributed by atoms with van der Waals surface area (Å²) < 4.78 is 1.39. The van der Waals surface area contributed by atoms with Gasteiger partial charge < -0.3 is 0 Å². The molecule has 1 heterocycles. The Morgan fingerprint density at radius 1 is 1.07 bits per heavy atom. The molecule has 0 N–H and O–H groups in total. The van der Waals surface area contributed by atoms with Crippen LogP contribution in [0.2, 0.25) is 0 Å². The van der Waals surface area contributed by atoms with E-state index in [1.165, 1.54) is 20.5 Å². The molecule has 0 fully saturated rings. The van der Waals surface area contributed by atoms with E-state index in [9.17, 15) is 0 Å². The highest BCUT2D eigenvalue weighted by atomic mass is 32.1. The summed E-state index contributed by atoms with van der Waals surface area (Å²) in [5, 5.41) is 1.40. The highest BCUT2D eigenvalue weighted by Gasteiger charge is 2.21. The van der Waals surface area contributed by atoms with Crippen molar-refractivity contribution in [2.75, 3.05) is 0 Å². The van der Waals surface area contributed by atoms with Gasteiger partial charge in [-0.1, -0.05) is 32.9 Å². The Labute approximate surface area is 95.6 Å². The molecule has 0 saturated carbocycles. The largest absolute Gasteiger partial charge is 0.238 e. The van der Waals surface area contributed by atoms with Gasteiger partial charge in [-0.2, -0.15) is 0 Å². The lowest BCUT2D eigenvalue weighted by Crippen LogP contribution is -2.11. The second-order valence-electron chi connectivity index (χ2n) is 5.02. The van der Waals surface area contributed by atoms with Crippen LogP contribution in [0.3, 0.4) is 0 Å². The van der Waals surface area contributed by atoms with Crippen LogP contribution in [0.1, 0.15) is 31.2 Å². The zero-order valence-corrected chi connectivity index (χ0v) is 10.6. The van der Waals surface area contributed by atoms with Gasteiger partial charge in [-0.05, 0) is 17.0 Å². The van der Waals surface area contributed by atoms with E-state index in [1.807, 2.05) is 11.3 Å². The lowest BCUT2D eigenvalue weighted by atomic mass is 9.85. The summed E-state index contributed by atoms with van der Waals surface area (Å²) in [4.78, 5) is 1.39. The number of rotatable bonds is 0. The molecule has 1 heteroatoms. The second-order valence-corrected chi connectivity index (χ2v) is 6.30. The molecule has 0 aliphatic heterocycles. The molecule has 0 bridgehead atoms. The van der Waals surface area contributed by atoms with E-state index in [4.69, 9.17) is 0 Å². The van der Waals surface area contributed by atoms with E-state index < -0.39 is 0 Å². The first kappa shape index (κ1) is 10.6. The van der Waals surface area contributed by atoms with Crippen molar-refractivity contribution >= 4 is 21.4 Å². The first-order chi connectivity index (χ1) is 6.98. The summed E-state index contributed by atoms with van der Waals surface area (Å²) >= 11 is 1.87. The average Bonchev–Trinajstić information content (AvgIpc) is 2.15. The van der Waals surface area contributed by atoms with Gasteiger partial charge in [0.05, 0.1) is 0 Å². The second kappa shape index (κ2) is 3.57. The Kier molecular flexibility index (Phi) is 2.51. The van der Waals surface area contributed by atoms with Crippen molar-refractivity contribution in [1.29, 1.82) is 0 Å². The molecule has 2 aromatic rings. The molecule has 0 aliphatic rings. The van der Waals surface area contributed by atoms with Gasteiger partial charge in [-0.3, -0.25) is 0 Å². The number of fused-ring (bicyclic) bond motifs is 1. The standard InChI is InChI=1S/C14H17S/c1-10-9-12(14(2,3)4)11-7-5-6-8-13(11)15-10/h5-9H,1-4H3/q+1. The first-order valence-electron chi connectivity index (χ1n) is 5.31. The lowest BCUT2D eigenvalue weighted by molar-refractivity contribution is 0.596. The lowest BCUT2D eigenvalue weighted by Gasteiger charge is -2.19. The van der Waals surface area contributed by atoms with Crippen LogP contribution in [0.4, 0.5) is 0 Å². The molecule has 0 radical (unpaired) electrons. The van der Waals surface area contributed by atoms with Crippen LogP contribution in [0.15, 0.2) is 30.3 Å². The molecule has 15 heavy (non-hydrogen) atoms. The summed E-state index contributed by atoms with van der Waals surface area (Å²) in [5.41, 5.74) is 1.67. The fourth-order valence-corrected chi connectivity index (χ4v) is 2.84. The van der Waals surface area contributed by atoms with Crippen LogP contribution >= 0.6 is 11.3 Å². The molecule has 0 aliphatic carbocycles. The quantitative estimate of drug-likeness (QED) is 0.557. The SMILES string of the molecule is Cc1cc(C(C)(C)C)c2ccccc2[s+]1. The van der Waals surface area contributed by atoms with Gasteiger partial charge in [-0.25, -0.2) is 0 Å². The molecule has 1 aromatic carbocycles. The van der Waals surface area contributed by atoms with E-state index in [0.717, 1.165) is 0 Å². The van der Waals surface area contributed by atoms with Crippen molar-refractivity contribution in [1.82, 2.24) is 0 Å². The first-order valence-corrected chi connectivity index (χ1v) is 6.13. The molecule has 0 unspecified atom stereocenters. The van der Waals surface area contributed by atoms with Crippen molar-refractivity contribution in [3.8, 4) is 0 Å². The van der Waals surface area contributed by atoms with Crippen LogP contribution < -0.4 is 0 Å². The van der Waals surface area contributed by atoms with Crippen molar-refractivity contribution in [2.45, 2.75) is 33.1 Å². The minimum Gasteiger partial charge on any atom is -0.0613 e. The van der Waals surface area contributed by atoms with Crippen LogP contribution in [-0.2, 0) is 5.41 Å². The molecule has 0 atom stereocenters. The summed E-state index contributed by atoms with van der Waals surface area (Å²) in [6, 6.07) is 11.0. The molecule has 0 saturated heterocycles. The minimum absolute atomic E-state index is 0.221. The maximum Gasteiger partial charge on any atom is 0.238 e. The fraction of sp³-hybridized carbons (Fsp3) is 0.357. The van der Waals surface area contributed by atoms with E-state index in [1.54, 1.807) is 0 Å². The molecule has 78 valence electrons. The molecule has 2 rings (SSSR count). The molecular weight excluding hydrogens is 200 g/mol. The number of aryl methyl sites for hydroxylation is 1. The highest BCUT2D eigenvalue weighted by Crippen LogP contribution is 2.33. The van der Waals surface area contributed by atoms with Crippen molar-refractivity contribution in [3.63, 3.8) is 0 Å². The van der Waals surface area contributed by atoms with Crippen molar-refractivity contribution < 1.29 is 0 Å². The predicted octanol–water partition coefficient (Wildman–Crippen LogP) is 4.79. The number of hydrogen-bond acceptors (Lipinski definition) is 0. The Morgan fingerprint density at radius 2 is 1.73 bits per heavy atom. The van der Waals surface area contributed by atoms with Gasteiger partial charge in [0.1, 0.15) is 0 Å². The molecule has 1 aromatic heterocycles. The third kappa shape index (κ3) is 2.03. The average molecular weight is 217 g/mol. The summed E-state index contributed by atoms with van der Waals surface area (Å²) in [5.74, 6) is 0. The van der Waals surface area contributed by atoms with Crippen molar-refractivity contribution in [2.24, 2.45) is 0 Å². The van der Waals surface area contributed by atoms with E-state index >= 15 is 0 Å². The zero-order valence-electron chi connectivity index (χ0n) is 9.79. The minimum atomic E-state index is 0.221. The van der Waals surface area contributed by atoms with E-state index in [2.05, 4.69) is 58.0 Å². The Balaban J connectivity index is 2.83. The van der Waals surface area contributed by atoms with Gasteiger partial charge in [-0.15, -0.1) is 0 Å². The summed E-state index contributed by atoms with van der Waals surface area (Å²) in [6.45, 7) is 9.02. The Morgan fingerprint density at radius 3 is 2.40 bits per heavy atom. The van der Waals surface area contributed by atoms with Crippen LogP contribution in [-0.4, -0.2) is 0 Å².